The van der Waals surface area contributed by atoms with Gasteiger partial charge in [0.05, 0.1) is 12.5 Å². The number of carbonyl (C=O) groups is 1. The summed E-state index contributed by atoms with van der Waals surface area (Å²) in [4.78, 5) is 13.1. The van der Waals surface area contributed by atoms with Crippen LogP contribution in [0.2, 0.25) is 0 Å². The molecule has 1 aliphatic heterocycles. The Morgan fingerprint density at radius 3 is 2.71 bits per heavy atom. The van der Waals surface area contributed by atoms with E-state index in [1.54, 1.807) is 0 Å². The van der Waals surface area contributed by atoms with Crippen LogP contribution in [-0.2, 0) is 11.3 Å². The van der Waals surface area contributed by atoms with Gasteiger partial charge in [0.1, 0.15) is 0 Å². The molecule has 0 radical (unpaired) electrons. The van der Waals surface area contributed by atoms with Crippen molar-refractivity contribution in [3.05, 3.63) is 48.6 Å². The minimum absolute atomic E-state index is 0.221. The van der Waals surface area contributed by atoms with Gasteiger partial charge in [-0.3, -0.25) is 4.79 Å². The second kappa shape index (κ2) is 3.66. The molecule has 2 heteroatoms. The SMILES string of the molecule is C=CC1CC(=O)N1Cc1ccccc1. The number of amides is 1. The van der Waals surface area contributed by atoms with Crippen molar-refractivity contribution in [2.24, 2.45) is 0 Å². The predicted octanol–water partition coefficient (Wildman–Crippen LogP) is 1.97. The number of β-lactam (4-membered cyclic amide) rings is 1. The van der Waals surface area contributed by atoms with Crippen LogP contribution in [0.15, 0.2) is 43.0 Å². The number of likely N-dealkylation sites (tertiary alicyclic amines) is 1. The quantitative estimate of drug-likeness (QED) is 0.523. The molecule has 1 aromatic rings. The van der Waals surface area contributed by atoms with Gasteiger partial charge >= 0.3 is 0 Å². The first-order valence-electron chi connectivity index (χ1n) is 4.77. The zero-order valence-corrected chi connectivity index (χ0v) is 8.02. The van der Waals surface area contributed by atoms with Crippen molar-refractivity contribution in [2.45, 2.75) is 19.0 Å². The number of hydrogen-bond donors (Lipinski definition) is 0. The van der Waals surface area contributed by atoms with Crippen LogP contribution in [0.5, 0.6) is 0 Å². The fourth-order valence-corrected chi connectivity index (χ4v) is 1.67. The molecule has 0 spiro atoms. The maximum absolute atomic E-state index is 11.3. The van der Waals surface area contributed by atoms with Crippen LogP contribution in [0.1, 0.15) is 12.0 Å². The first-order valence-corrected chi connectivity index (χ1v) is 4.77. The van der Waals surface area contributed by atoms with E-state index in [4.69, 9.17) is 0 Å². The Balaban J connectivity index is 2.04. The number of rotatable bonds is 3. The standard InChI is InChI=1S/C12H13NO/c1-2-11-8-12(14)13(11)9-10-6-4-3-5-7-10/h2-7,11H,1,8-9H2. The van der Waals surface area contributed by atoms with Crippen LogP contribution < -0.4 is 0 Å². The van der Waals surface area contributed by atoms with E-state index in [0.717, 1.165) is 0 Å². The lowest BCUT2D eigenvalue weighted by Gasteiger charge is -2.38. The van der Waals surface area contributed by atoms with Crippen molar-refractivity contribution in [3.63, 3.8) is 0 Å². The monoisotopic (exact) mass is 187 g/mol. The van der Waals surface area contributed by atoms with Gasteiger partial charge in [0.25, 0.3) is 0 Å². The topological polar surface area (TPSA) is 20.3 Å². The van der Waals surface area contributed by atoms with E-state index in [9.17, 15) is 4.79 Å². The number of carbonyl (C=O) groups excluding carboxylic acids is 1. The van der Waals surface area contributed by atoms with Gasteiger partial charge in [0.2, 0.25) is 5.91 Å². The Morgan fingerprint density at radius 2 is 2.14 bits per heavy atom. The van der Waals surface area contributed by atoms with Crippen LogP contribution in [0.4, 0.5) is 0 Å². The Bertz CT molecular complexity index is 345. The maximum Gasteiger partial charge on any atom is 0.225 e. The highest BCUT2D eigenvalue weighted by Crippen LogP contribution is 2.22. The van der Waals surface area contributed by atoms with Crippen LogP contribution >= 0.6 is 0 Å². The average molecular weight is 187 g/mol. The molecule has 72 valence electrons. The molecule has 14 heavy (non-hydrogen) atoms. The van der Waals surface area contributed by atoms with Crippen molar-refractivity contribution in [1.82, 2.24) is 4.90 Å². The molecule has 1 saturated heterocycles. The molecule has 0 saturated carbocycles. The summed E-state index contributed by atoms with van der Waals surface area (Å²) in [5, 5.41) is 0. The molecule has 0 aromatic heterocycles. The number of hydrogen-bond acceptors (Lipinski definition) is 1. The second-order valence-electron chi connectivity index (χ2n) is 3.51. The fraction of sp³-hybridized carbons (Fsp3) is 0.250. The molecule has 1 amide bonds. The summed E-state index contributed by atoms with van der Waals surface area (Å²) in [6, 6.07) is 10.3. The lowest BCUT2D eigenvalue weighted by molar-refractivity contribution is -0.144. The average Bonchev–Trinajstić information content (AvgIpc) is 2.24. The molecule has 1 fully saturated rings. The van der Waals surface area contributed by atoms with Crippen molar-refractivity contribution in [3.8, 4) is 0 Å². The van der Waals surface area contributed by atoms with Crippen LogP contribution in [0.25, 0.3) is 0 Å². The zero-order valence-electron chi connectivity index (χ0n) is 8.02. The van der Waals surface area contributed by atoms with E-state index in [2.05, 4.69) is 6.58 Å². The van der Waals surface area contributed by atoms with E-state index >= 15 is 0 Å². The van der Waals surface area contributed by atoms with Crippen molar-refractivity contribution >= 4 is 5.91 Å². The minimum atomic E-state index is 0.221. The molecule has 2 rings (SSSR count). The third kappa shape index (κ3) is 1.55. The summed E-state index contributed by atoms with van der Waals surface area (Å²) in [7, 11) is 0. The molecule has 1 heterocycles. The maximum atomic E-state index is 11.3. The van der Waals surface area contributed by atoms with Crippen molar-refractivity contribution in [1.29, 1.82) is 0 Å². The Kier molecular flexibility index (Phi) is 2.35. The molecule has 2 nitrogen and oxygen atoms in total. The summed E-state index contributed by atoms with van der Waals surface area (Å²) < 4.78 is 0. The van der Waals surface area contributed by atoms with E-state index in [1.807, 2.05) is 41.3 Å². The Hall–Kier alpha value is -1.57. The zero-order chi connectivity index (χ0) is 9.97. The molecule has 1 aliphatic rings. The van der Waals surface area contributed by atoms with E-state index in [-0.39, 0.29) is 11.9 Å². The minimum Gasteiger partial charge on any atom is -0.331 e. The van der Waals surface area contributed by atoms with E-state index in [1.165, 1.54) is 5.56 Å². The summed E-state index contributed by atoms with van der Waals surface area (Å²) in [5.41, 5.74) is 1.17. The van der Waals surface area contributed by atoms with Gasteiger partial charge in [-0.1, -0.05) is 36.4 Å². The molecule has 1 aromatic carbocycles. The Labute approximate surface area is 83.8 Å². The molecular weight excluding hydrogens is 174 g/mol. The van der Waals surface area contributed by atoms with Crippen LogP contribution in [-0.4, -0.2) is 16.8 Å². The normalized spacial score (nSPS) is 20.4. The number of benzene rings is 1. The summed E-state index contributed by atoms with van der Waals surface area (Å²) in [6.45, 7) is 4.42. The van der Waals surface area contributed by atoms with Gasteiger partial charge in [-0.15, -0.1) is 6.58 Å². The van der Waals surface area contributed by atoms with Gasteiger partial charge in [-0.05, 0) is 5.56 Å². The lowest BCUT2D eigenvalue weighted by atomic mass is 10.0. The molecule has 0 aliphatic carbocycles. The molecular formula is C12H13NO. The summed E-state index contributed by atoms with van der Waals surface area (Å²) >= 11 is 0. The predicted molar refractivity (Wildman–Crippen MR) is 55.6 cm³/mol. The van der Waals surface area contributed by atoms with Gasteiger partial charge in [0, 0.05) is 6.54 Å². The van der Waals surface area contributed by atoms with E-state index < -0.39 is 0 Å². The number of nitrogens with zero attached hydrogens (tertiary/aromatic N) is 1. The largest absolute Gasteiger partial charge is 0.331 e. The van der Waals surface area contributed by atoms with Crippen LogP contribution in [0.3, 0.4) is 0 Å². The fourth-order valence-electron chi connectivity index (χ4n) is 1.67. The van der Waals surface area contributed by atoms with Crippen molar-refractivity contribution in [2.75, 3.05) is 0 Å². The van der Waals surface area contributed by atoms with E-state index in [0.29, 0.717) is 13.0 Å². The highest BCUT2D eigenvalue weighted by atomic mass is 16.2. The third-order valence-corrected chi connectivity index (χ3v) is 2.57. The smallest absolute Gasteiger partial charge is 0.225 e. The van der Waals surface area contributed by atoms with Gasteiger partial charge in [-0.2, -0.15) is 0 Å². The summed E-state index contributed by atoms with van der Waals surface area (Å²) in [5.74, 6) is 0.221. The Morgan fingerprint density at radius 1 is 1.43 bits per heavy atom. The van der Waals surface area contributed by atoms with Gasteiger partial charge in [-0.25, -0.2) is 0 Å². The van der Waals surface area contributed by atoms with Gasteiger partial charge in [0.15, 0.2) is 0 Å². The first-order chi connectivity index (χ1) is 6.81. The highest BCUT2D eigenvalue weighted by Gasteiger charge is 2.33. The molecule has 1 unspecified atom stereocenters. The second-order valence-corrected chi connectivity index (χ2v) is 3.51. The summed E-state index contributed by atoms with van der Waals surface area (Å²) in [6.07, 6.45) is 2.46. The molecule has 1 atom stereocenters. The molecule has 0 bridgehead atoms. The molecule has 0 N–H and O–H groups in total. The first kappa shape index (κ1) is 9.00. The third-order valence-electron chi connectivity index (χ3n) is 2.57. The van der Waals surface area contributed by atoms with Crippen molar-refractivity contribution < 1.29 is 4.79 Å². The van der Waals surface area contributed by atoms with Gasteiger partial charge < -0.3 is 4.90 Å². The lowest BCUT2D eigenvalue weighted by Crippen LogP contribution is -2.50. The highest BCUT2D eigenvalue weighted by molar-refractivity contribution is 5.83. The van der Waals surface area contributed by atoms with Crippen LogP contribution in [0, 0.1) is 0 Å².